The Balaban J connectivity index is 3.51. The number of nitro groups is 2. The highest BCUT2D eigenvalue weighted by atomic mass is 16.6. The molecular formula is C15H22N2O4. The molecule has 6 nitrogen and oxygen atoms in total. The molecule has 0 spiro atoms. The molecule has 1 aromatic rings. The monoisotopic (exact) mass is 294 g/mol. The first-order valence-corrected chi connectivity index (χ1v) is 7.38. The average Bonchev–Trinajstić information content (AvgIpc) is 2.42. The van der Waals surface area contributed by atoms with Crippen LogP contribution in [0.5, 0.6) is 0 Å². The van der Waals surface area contributed by atoms with Crippen molar-refractivity contribution < 1.29 is 9.85 Å². The number of hydrogen-bond acceptors (Lipinski definition) is 4. The summed E-state index contributed by atoms with van der Waals surface area (Å²) in [7, 11) is 0. The molecule has 6 heteroatoms. The fourth-order valence-corrected chi connectivity index (χ4v) is 2.55. The van der Waals surface area contributed by atoms with Crippen molar-refractivity contribution in [3.8, 4) is 0 Å². The molecule has 0 radical (unpaired) electrons. The summed E-state index contributed by atoms with van der Waals surface area (Å²) in [6, 6.07) is 1.76. The molecule has 1 aromatic carbocycles. The Morgan fingerprint density at radius 2 is 1.48 bits per heavy atom. The van der Waals surface area contributed by atoms with E-state index in [2.05, 4.69) is 6.92 Å². The molecule has 0 saturated heterocycles. The summed E-state index contributed by atoms with van der Waals surface area (Å²) in [5.41, 5.74) is 1.15. The Morgan fingerprint density at radius 3 is 1.95 bits per heavy atom. The number of unbranched alkanes of at least 4 members (excludes halogenated alkanes) is 2. The van der Waals surface area contributed by atoms with Crippen molar-refractivity contribution in [2.75, 3.05) is 0 Å². The van der Waals surface area contributed by atoms with E-state index in [9.17, 15) is 20.2 Å². The van der Waals surface area contributed by atoms with E-state index in [1.54, 1.807) is 13.0 Å². The summed E-state index contributed by atoms with van der Waals surface area (Å²) in [6.45, 7) is 5.63. The predicted octanol–water partition coefficient (Wildman–Crippen LogP) is 4.50. The molecule has 0 amide bonds. The van der Waals surface area contributed by atoms with Gasteiger partial charge in [-0.1, -0.05) is 26.7 Å². The van der Waals surface area contributed by atoms with Crippen molar-refractivity contribution in [2.24, 2.45) is 0 Å². The molecule has 0 bridgehead atoms. The van der Waals surface area contributed by atoms with Crippen LogP contribution >= 0.6 is 0 Å². The van der Waals surface area contributed by atoms with Crippen LogP contribution in [0, 0.1) is 27.2 Å². The molecule has 21 heavy (non-hydrogen) atoms. The van der Waals surface area contributed by atoms with Crippen LogP contribution < -0.4 is 0 Å². The molecular weight excluding hydrogens is 272 g/mol. The summed E-state index contributed by atoms with van der Waals surface area (Å²) in [5, 5.41) is 22.6. The van der Waals surface area contributed by atoms with Crippen molar-refractivity contribution in [3.63, 3.8) is 0 Å². The molecule has 0 saturated carbocycles. The minimum absolute atomic E-state index is 0.306. The van der Waals surface area contributed by atoms with E-state index in [0.717, 1.165) is 37.7 Å². The van der Waals surface area contributed by atoms with E-state index in [1.165, 1.54) is 0 Å². The van der Waals surface area contributed by atoms with Crippen molar-refractivity contribution in [2.45, 2.75) is 59.3 Å². The molecule has 1 rings (SSSR count). The lowest BCUT2D eigenvalue weighted by Gasteiger charge is -2.12. The Bertz CT molecular complexity index is 541. The van der Waals surface area contributed by atoms with Crippen molar-refractivity contribution in [1.82, 2.24) is 0 Å². The van der Waals surface area contributed by atoms with Gasteiger partial charge < -0.3 is 0 Å². The SMILES string of the molecule is CCCCc1cc(C)c([N+](=O)[O-])c([N+](=O)[O-])c1CCCC. The van der Waals surface area contributed by atoms with Crippen molar-refractivity contribution in [1.29, 1.82) is 0 Å². The molecule has 0 aromatic heterocycles. The highest BCUT2D eigenvalue weighted by Crippen LogP contribution is 2.37. The second kappa shape index (κ2) is 7.71. The lowest BCUT2D eigenvalue weighted by Crippen LogP contribution is -2.07. The van der Waals surface area contributed by atoms with Crippen LogP contribution in [0.25, 0.3) is 0 Å². The molecule has 0 heterocycles. The largest absolute Gasteiger partial charge is 0.349 e. The number of nitrogens with zero attached hydrogens (tertiary/aromatic N) is 2. The van der Waals surface area contributed by atoms with Crippen LogP contribution in [0.15, 0.2) is 6.07 Å². The van der Waals surface area contributed by atoms with Gasteiger partial charge >= 0.3 is 11.4 Å². The van der Waals surface area contributed by atoms with Gasteiger partial charge in [0.25, 0.3) is 0 Å². The maximum atomic E-state index is 11.4. The van der Waals surface area contributed by atoms with Crippen LogP contribution in [0.2, 0.25) is 0 Å². The average molecular weight is 294 g/mol. The van der Waals surface area contributed by atoms with Gasteiger partial charge in [-0.3, -0.25) is 20.2 Å². The summed E-state index contributed by atoms with van der Waals surface area (Å²) in [4.78, 5) is 21.4. The van der Waals surface area contributed by atoms with Gasteiger partial charge in [0.1, 0.15) is 0 Å². The minimum atomic E-state index is -0.632. The quantitative estimate of drug-likeness (QED) is 0.522. The second-order valence-corrected chi connectivity index (χ2v) is 5.25. The first-order chi connectivity index (χ1) is 9.93. The Kier molecular flexibility index (Phi) is 6.27. The number of benzene rings is 1. The molecule has 0 N–H and O–H groups in total. The molecule has 0 unspecified atom stereocenters. The third kappa shape index (κ3) is 4.00. The predicted molar refractivity (Wildman–Crippen MR) is 81.7 cm³/mol. The van der Waals surface area contributed by atoms with Gasteiger partial charge in [0.05, 0.1) is 9.85 Å². The Morgan fingerprint density at radius 1 is 0.952 bits per heavy atom. The standard InChI is InChI=1S/C15H22N2O4/c1-4-6-8-12-10-11(3)14(16(18)19)15(17(20)21)13(12)9-7-5-2/h10H,4-9H2,1-3H3. The third-order valence-corrected chi connectivity index (χ3v) is 3.61. The van der Waals surface area contributed by atoms with E-state index in [4.69, 9.17) is 0 Å². The number of nitro benzene ring substituents is 2. The minimum Gasteiger partial charge on any atom is -0.258 e. The van der Waals surface area contributed by atoms with Crippen LogP contribution in [-0.4, -0.2) is 9.85 Å². The van der Waals surface area contributed by atoms with Gasteiger partial charge in [0, 0.05) is 11.1 Å². The van der Waals surface area contributed by atoms with Crippen LogP contribution in [0.1, 0.15) is 56.2 Å². The molecule has 0 aliphatic rings. The first-order valence-electron chi connectivity index (χ1n) is 7.38. The smallest absolute Gasteiger partial charge is 0.258 e. The maximum absolute atomic E-state index is 11.4. The van der Waals surface area contributed by atoms with E-state index in [1.807, 2.05) is 6.92 Å². The van der Waals surface area contributed by atoms with E-state index in [0.29, 0.717) is 17.5 Å². The zero-order valence-corrected chi connectivity index (χ0v) is 12.8. The maximum Gasteiger partial charge on any atom is 0.349 e. The van der Waals surface area contributed by atoms with Crippen LogP contribution in [-0.2, 0) is 12.8 Å². The molecule has 0 fully saturated rings. The highest BCUT2D eigenvalue weighted by Gasteiger charge is 2.32. The van der Waals surface area contributed by atoms with Gasteiger partial charge in [-0.25, -0.2) is 0 Å². The van der Waals surface area contributed by atoms with Crippen LogP contribution in [0.3, 0.4) is 0 Å². The summed E-state index contributed by atoms with van der Waals surface area (Å²) in [6.07, 6.45) is 4.85. The van der Waals surface area contributed by atoms with Crippen molar-refractivity contribution >= 4 is 11.4 Å². The third-order valence-electron chi connectivity index (χ3n) is 3.61. The molecule has 116 valence electrons. The zero-order chi connectivity index (χ0) is 16.0. The van der Waals surface area contributed by atoms with E-state index >= 15 is 0 Å². The lowest BCUT2D eigenvalue weighted by atomic mass is 9.93. The summed E-state index contributed by atoms with van der Waals surface area (Å²) < 4.78 is 0. The Hall–Kier alpha value is -1.98. The zero-order valence-electron chi connectivity index (χ0n) is 12.8. The lowest BCUT2D eigenvalue weighted by molar-refractivity contribution is -0.423. The normalized spacial score (nSPS) is 10.6. The number of hydrogen-bond donors (Lipinski definition) is 0. The fourth-order valence-electron chi connectivity index (χ4n) is 2.55. The molecule has 0 atom stereocenters. The van der Waals surface area contributed by atoms with Gasteiger partial charge in [-0.2, -0.15) is 0 Å². The Labute approximate surface area is 124 Å². The molecule has 0 aliphatic carbocycles. The topological polar surface area (TPSA) is 86.3 Å². The van der Waals surface area contributed by atoms with Crippen molar-refractivity contribution in [3.05, 3.63) is 43.0 Å². The van der Waals surface area contributed by atoms with E-state index < -0.39 is 9.85 Å². The summed E-state index contributed by atoms with van der Waals surface area (Å²) >= 11 is 0. The van der Waals surface area contributed by atoms with Gasteiger partial charge in [0.15, 0.2) is 0 Å². The number of aryl methyl sites for hydroxylation is 2. The summed E-state index contributed by atoms with van der Waals surface area (Å²) in [5.74, 6) is 0. The fraction of sp³-hybridized carbons (Fsp3) is 0.600. The molecule has 0 aliphatic heterocycles. The highest BCUT2D eigenvalue weighted by molar-refractivity contribution is 5.64. The second-order valence-electron chi connectivity index (χ2n) is 5.25. The van der Waals surface area contributed by atoms with Gasteiger partial charge in [-0.05, 0) is 44.2 Å². The number of rotatable bonds is 8. The van der Waals surface area contributed by atoms with Gasteiger partial charge in [0.2, 0.25) is 0 Å². The van der Waals surface area contributed by atoms with E-state index in [-0.39, 0.29) is 11.4 Å². The first kappa shape index (κ1) is 17.1. The van der Waals surface area contributed by atoms with Gasteiger partial charge in [-0.15, -0.1) is 0 Å². The van der Waals surface area contributed by atoms with Crippen LogP contribution in [0.4, 0.5) is 11.4 Å².